The Labute approximate surface area is 165 Å². The molecule has 27 heavy (non-hydrogen) atoms. The van der Waals surface area contributed by atoms with Gasteiger partial charge in [0.2, 0.25) is 0 Å². The minimum Gasteiger partial charge on any atom is -0.355 e. The highest BCUT2D eigenvalue weighted by atomic mass is 79.9. The summed E-state index contributed by atoms with van der Waals surface area (Å²) in [7, 11) is 0. The van der Waals surface area contributed by atoms with Gasteiger partial charge in [-0.1, -0.05) is 28.1 Å². The van der Waals surface area contributed by atoms with Crippen LogP contribution in [0.25, 0.3) is 16.8 Å². The van der Waals surface area contributed by atoms with Crippen LogP contribution in [0.5, 0.6) is 0 Å². The Morgan fingerprint density at radius 3 is 2.89 bits per heavy atom. The molecule has 3 aromatic rings. The van der Waals surface area contributed by atoms with Crippen molar-refractivity contribution in [3.8, 4) is 17.3 Å². The van der Waals surface area contributed by atoms with Gasteiger partial charge in [-0.25, -0.2) is 9.37 Å². The number of nitro benzene ring substituents is 1. The van der Waals surface area contributed by atoms with Crippen LogP contribution >= 0.6 is 27.3 Å². The van der Waals surface area contributed by atoms with Crippen LogP contribution < -0.4 is 5.32 Å². The molecule has 1 heterocycles. The van der Waals surface area contributed by atoms with Crippen LogP contribution in [0.15, 0.2) is 58.5 Å². The van der Waals surface area contributed by atoms with E-state index in [0.717, 1.165) is 22.2 Å². The minimum absolute atomic E-state index is 0.0814. The van der Waals surface area contributed by atoms with Crippen molar-refractivity contribution in [3.05, 3.63) is 79.5 Å². The van der Waals surface area contributed by atoms with Crippen LogP contribution in [0.1, 0.15) is 5.01 Å². The molecule has 3 rings (SSSR count). The number of halogens is 2. The van der Waals surface area contributed by atoms with Crippen LogP contribution in [-0.4, -0.2) is 9.91 Å². The van der Waals surface area contributed by atoms with Gasteiger partial charge < -0.3 is 5.32 Å². The van der Waals surface area contributed by atoms with Crippen molar-refractivity contribution >= 4 is 44.2 Å². The average molecular weight is 445 g/mol. The third-order valence-electron chi connectivity index (χ3n) is 3.50. The largest absolute Gasteiger partial charge is 0.355 e. The Kier molecular flexibility index (Phi) is 5.59. The molecule has 0 aliphatic heterocycles. The molecule has 0 amide bonds. The van der Waals surface area contributed by atoms with Crippen molar-refractivity contribution < 1.29 is 9.31 Å². The molecular weight excluding hydrogens is 435 g/mol. The van der Waals surface area contributed by atoms with Gasteiger partial charge in [0.25, 0.3) is 5.69 Å². The zero-order valence-corrected chi connectivity index (χ0v) is 15.9. The van der Waals surface area contributed by atoms with Gasteiger partial charge in [0.1, 0.15) is 28.2 Å². The number of rotatable bonds is 5. The fourth-order valence-electron chi connectivity index (χ4n) is 2.25. The predicted octanol–water partition coefficient (Wildman–Crippen LogP) is 5.60. The highest BCUT2D eigenvalue weighted by Crippen LogP contribution is 2.29. The van der Waals surface area contributed by atoms with Crippen LogP contribution in [0.2, 0.25) is 0 Å². The molecule has 0 unspecified atom stereocenters. The lowest BCUT2D eigenvalue weighted by atomic mass is 10.2. The summed E-state index contributed by atoms with van der Waals surface area (Å²) < 4.78 is 14.1. The smallest absolute Gasteiger partial charge is 0.295 e. The molecule has 0 radical (unpaired) electrons. The van der Waals surface area contributed by atoms with E-state index in [9.17, 15) is 19.8 Å². The Bertz CT molecular complexity index is 1090. The number of nitrogens with one attached hydrogen (secondary N) is 1. The summed E-state index contributed by atoms with van der Waals surface area (Å²) in [5, 5.41) is 25.4. The maximum atomic E-state index is 13.2. The number of benzene rings is 2. The van der Waals surface area contributed by atoms with E-state index in [2.05, 4.69) is 26.2 Å². The first kappa shape index (κ1) is 18.7. The highest BCUT2D eigenvalue weighted by Gasteiger charge is 2.15. The Morgan fingerprint density at radius 1 is 1.37 bits per heavy atom. The maximum absolute atomic E-state index is 13.2. The van der Waals surface area contributed by atoms with Gasteiger partial charge in [0, 0.05) is 21.6 Å². The van der Waals surface area contributed by atoms with E-state index < -0.39 is 16.4 Å². The van der Waals surface area contributed by atoms with Gasteiger partial charge >= 0.3 is 0 Å². The Hall–Kier alpha value is -3.09. The molecule has 0 bridgehead atoms. The first-order chi connectivity index (χ1) is 13.0. The number of nitrogens with zero attached hydrogens (tertiary/aromatic N) is 3. The predicted molar refractivity (Wildman–Crippen MR) is 106 cm³/mol. The van der Waals surface area contributed by atoms with Crippen molar-refractivity contribution in [2.45, 2.75) is 0 Å². The third kappa shape index (κ3) is 4.36. The molecular formula is C18H10BrFN4O2S. The summed E-state index contributed by atoms with van der Waals surface area (Å²) in [6.07, 6.45) is 1.32. The molecule has 0 saturated heterocycles. The van der Waals surface area contributed by atoms with Crippen LogP contribution in [0.3, 0.4) is 0 Å². The minimum atomic E-state index is -0.713. The van der Waals surface area contributed by atoms with E-state index in [1.807, 2.05) is 35.7 Å². The lowest BCUT2D eigenvalue weighted by molar-refractivity contribution is -0.384. The molecule has 2 aromatic carbocycles. The number of hydrogen-bond acceptors (Lipinski definition) is 6. The number of allylic oxidation sites excluding steroid dienone is 1. The molecule has 9 heteroatoms. The lowest BCUT2D eigenvalue weighted by Crippen LogP contribution is -1.97. The molecule has 0 spiro atoms. The van der Waals surface area contributed by atoms with E-state index in [4.69, 9.17) is 0 Å². The quantitative estimate of drug-likeness (QED) is 0.314. The molecule has 0 saturated carbocycles. The number of thiazole rings is 1. The third-order valence-corrected chi connectivity index (χ3v) is 4.87. The molecule has 0 aliphatic carbocycles. The van der Waals surface area contributed by atoms with Crippen LogP contribution in [0.4, 0.5) is 15.8 Å². The first-order valence-electron chi connectivity index (χ1n) is 7.50. The zero-order chi connectivity index (χ0) is 19.4. The van der Waals surface area contributed by atoms with Crippen molar-refractivity contribution in [1.82, 2.24) is 4.98 Å². The number of aromatic nitrogens is 1. The van der Waals surface area contributed by atoms with E-state index >= 15 is 0 Å². The van der Waals surface area contributed by atoms with Crippen molar-refractivity contribution in [3.63, 3.8) is 0 Å². The number of nitriles is 1. The van der Waals surface area contributed by atoms with E-state index in [1.165, 1.54) is 23.6 Å². The van der Waals surface area contributed by atoms with Crippen LogP contribution in [-0.2, 0) is 0 Å². The van der Waals surface area contributed by atoms with Gasteiger partial charge in [-0.3, -0.25) is 10.1 Å². The van der Waals surface area contributed by atoms with Gasteiger partial charge in [0.05, 0.1) is 16.7 Å². The fraction of sp³-hybridized carbons (Fsp3) is 0. The summed E-state index contributed by atoms with van der Waals surface area (Å²) in [6.45, 7) is 0. The standard InChI is InChI=1S/C18H10BrFN4O2S/c19-13-3-1-2-11(6-13)16-10-27-18(23-16)12(8-21)9-22-15-5-4-14(20)7-17(15)24(25)26/h1-7,9-10,22H/b12-9-. The van der Waals surface area contributed by atoms with E-state index in [1.54, 1.807) is 0 Å². The number of hydrogen-bond donors (Lipinski definition) is 1. The second kappa shape index (κ2) is 8.07. The van der Waals surface area contributed by atoms with Gasteiger partial charge in [0.15, 0.2) is 0 Å². The first-order valence-corrected chi connectivity index (χ1v) is 9.18. The van der Waals surface area contributed by atoms with E-state index in [-0.39, 0.29) is 11.3 Å². The summed E-state index contributed by atoms with van der Waals surface area (Å²) in [6, 6.07) is 12.8. The Morgan fingerprint density at radius 2 is 2.19 bits per heavy atom. The Balaban J connectivity index is 1.88. The molecule has 0 fully saturated rings. The van der Waals surface area contributed by atoms with Crippen molar-refractivity contribution in [2.75, 3.05) is 5.32 Å². The molecule has 6 nitrogen and oxygen atoms in total. The number of anilines is 1. The second-order valence-corrected chi connectivity index (χ2v) is 7.05. The normalized spacial score (nSPS) is 11.1. The van der Waals surface area contributed by atoms with Gasteiger partial charge in [-0.15, -0.1) is 11.3 Å². The summed E-state index contributed by atoms with van der Waals surface area (Å²) >= 11 is 4.68. The summed E-state index contributed by atoms with van der Waals surface area (Å²) in [5.41, 5.74) is 1.48. The van der Waals surface area contributed by atoms with E-state index in [0.29, 0.717) is 10.7 Å². The zero-order valence-electron chi connectivity index (χ0n) is 13.5. The maximum Gasteiger partial charge on any atom is 0.295 e. The summed E-state index contributed by atoms with van der Waals surface area (Å²) in [4.78, 5) is 14.8. The van der Waals surface area contributed by atoms with Gasteiger partial charge in [-0.05, 0) is 24.3 Å². The average Bonchev–Trinajstić information content (AvgIpc) is 3.13. The molecule has 0 aliphatic rings. The van der Waals surface area contributed by atoms with Gasteiger partial charge in [-0.2, -0.15) is 5.26 Å². The SMILES string of the molecule is N#C/C(=C/Nc1ccc(F)cc1[N+](=O)[O-])c1nc(-c2cccc(Br)c2)cs1. The monoisotopic (exact) mass is 444 g/mol. The molecule has 134 valence electrons. The lowest BCUT2D eigenvalue weighted by Gasteiger charge is -2.03. The summed E-state index contributed by atoms with van der Waals surface area (Å²) in [5.74, 6) is -0.713. The van der Waals surface area contributed by atoms with Crippen LogP contribution in [0, 0.1) is 27.3 Å². The second-order valence-electron chi connectivity index (χ2n) is 5.28. The van der Waals surface area contributed by atoms with Crippen molar-refractivity contribution in [1.29, 1.82) is 5.26 Å². The molecule has 0 atom stereocenters. The highest BCUT2D eigenvalue weighted by molar-refractivity contribution is 9.10. The topological polar surface area (TPSA) is 91.8 Å². The van der Waals surface area contributed by atoms with Crippen molar-refractivity contribution in [2.24, 2.45) is 0 Å². The number of nitro groups is 1. The molecule has 1 aromatic heterocycles. The molecule has 1 N–H and O–H groups in total. The fourth-order valence-corrected chi connectivity index (χ4v) is 3.44.